The SMILES string of the molecule is COC(=O)C(NC(=O)C1CCN(Cc2ccc(O)c(O)c2)CC1)c1ccccc1. The van der Waals surface area contributed by atoms with Gasteiger partial charge in [-0.1, -0.05) is 36.4 Å². The number of methoxy groups -OCH3 is 1. The molecule has 0 spiro atoms. The molecule has 2 aromatic rings. The van der Waals surface area contributed by atoms with E-state index in [1.807, 2.05) is 18.2 Å². The molecule has 0 radical (unpaired) electrons. The van der Waals surface area contributed by atoms with Gasteiger partial charge in [-0.3, -0.25) is 9.69 Å². The number of benzene rings is 2. The molecule has 0 aromatic heterocycles. The summed E-state index contributed by atoms with van der Waals surface area (Å²) in [7, 11) is 1.31. The van der Waals surface area contributed by atoms with E-state index in [1.54, 1.807) is 24.3 Å². The van der Waals surface area contributed by atoms with Crippen molar-refractivity contribution in [1.29, 1.82) is 0 Å². The minimum atomic E-state index is -0.813. The number of carbonyl (C=O) groups is 2. The first-order valence-corrected chi connectivity index (χ1v) is 9.64. The quantitative estimate of drug-likeness (QED) is 0.510. The van der Waals surface area contributed by atoms with Crippen LogP contribution in [0.2, 0.25) is 0 Å². The predicted octanol–water partition coefficient (Wildman–Crippen LogP) is 2.34. The van der Waals surface area contributed by atoms with Crippen LogP contribution < -0.4 is 5.32 Å². The fraction of sp³-hybridized carbons (Fsp3) is 0.364. The molecule has 0 saturated carbocycles. The number of phenolic OH excluding ortho intramolecular Hbond substituents is 2. The molecule has 2 aromatic carbocycles. The molecular formula is C22H26N2O5. The van der Waals surface area contributed by atoms with Crippen LogP contribution in [0.25, 0.3) is 0 Å². The summed E-state index contributed by atoms with van der Waals surface area (Å²) in [4.78, 5) is 27.1. The second-order valence-corrected chi connectivity index (χ2v) is 7.25. The van der Waals surface area contributed by atoms with E-state index in [4.69, 9.17) is 4.74 Å². The summed E-state index contributed by atoms with van der Waals surface area (Å²) < 4.78 is 4.86. The van der Waals surface area contributed by atoms with Crippen molar-refractivity contribution in [2.45, 2.75) is 25.4 Å². The Morgan fingerprint density at radius 1 is 1.10 bits per heavy atom. The molecule has 1 fully saturated rings. The number of nitrogens with one attached hydrogen (secondary N) is 1. The van der Waals surface area contributed by atoms with Crippen molar-refractivity contribution < 1.29 is 24.5 Å². The summed E-state index contributed by atoms with van der Waals surface area (Å²) in [5, 5.41) is 21.9. The molecule has 1 unspecified atom stereocenters. The molecule has 1 aliphatic heterocycles. The van der Waals surface area contributed by atoms with Crippen LogP contribution in [-0.2, 0) is 20.9 Å². The lowest BCUT2D eigenvalue weighted by molar-refractivity contribution is -0.146. The van der Waals surface area contributed by atoms with Gasteiger partial charge in [0, 0.05) is 12.5 Å². The zero-order chi connectivity index (χ0) is 20.8. The van der Waals surface area contributed by atoms with Gasteiger partial charge in [-0.05, 0) is 49.2 Å². The fourth-order valence-electron chi connectivity index (χ4n) is 3.58. The Labute approximate surface area is 169 Å². The maximum absolute atomic E-state index is 12.8. The van der Waals surface area contributed by atoms with Gasteiger partial charge in [-0.15, -0.1) is 0 Å². The molecule has 0 bridgehead atoms. The molecule has 1 atom stereocenters. The number of hydrogen-bond acceptors (Lipinski definition) is 6. The molecule has 0 aliphatic carbocycles. The van der Waals surface area contributed by atoms with E-state index in [0.717, 1.165) is 18.7 Å². The van der Waals surface area contributed by atoms with E-state index >= 15 is 0 Å². The van der Waals surface area contributed by atoms with Gasteiger partial charge in [0.05, 0.1) is 7.11 Å². The number of amides is 1. The van der Waals surface area contributed by atoms with Crippen LogP contribution in [0, 0.1) is 5.92 Å². The van der Waals surface area contributed by atoms with Crippen molar-refractivity contribution in [2.24, 2.45) is 5.92 Å². The molecule has 3 N–H and O–H groups in total. The largest absolute Gasteiger partial charge is 0.504 e. The molecule has 1 amide bonds. The molecular weight excluding hydrogens is 372 g/mol. The van der Waals surface area contributed by atoms with Crippen LogP contribution >= 0.6 is 0 Å². The standard InChI is InChI=1S/C22H26N2O5/c1-29-22(28)20(16-5-3-2-4-6-16)23-21(27)17-9-11-24(12-10-17)14-15-7-8-18(25)19(26)13-15/h2-8,13,17,20,25-26H,9-12,14H2,1H3,(H,23,27). The maximum Gasteiger partial charge on any atom is 0.333 e. The van der Waals surface area contributed by atoms with E-state index in [-0.39, 0.29) is 23.3 Å². The number of esters is 1. The lowest BCUT2D eigenvalue weighted by Crippen LogP contribution is -2.43. The number of rotatable bonds is 6. The Hall–Kier alpha value is -3.06. The van der Waals surface area contributed by atoms with Crippen molar-refractivity contribution in [2.75, 3.05) is 20.2 Å². The zero-order valence-electron chi connectivity index (χ0n) is 16.4. The summed E-state index contributed by atoms with van der Waals surface area (Å²) in [6.07, 6.45) is 1.36. The second-order valence-electron chi connectivity index (χ2n) is 7.25. The first-order chi connectivity index (χ1) is 14.0. The third kappa shape index (κ3) is 5.26. The lowest BCUT2D eigenvalue weighted by Gasteiger charge is -2.32. The first-order valence-electron chi connectivity index (χ1n) is 9.64. The van der Waals surface area contributed by atoms with Gasteiger partial charge in [0.15, 0.2) is 17.5 Å². The van der Waals surface area contributed by atoms with Crippen LogP contribution in [-0.4, -0.2) is 47.2 Å². The lowest BCUT2D eigenvalue weighted by atomic mass is 9.94. The average Bonchev–Trinajstić information content (AvgIpc) is 2.75. The highest BCUT2D eigenvalue weighted by Gasteiger charge is 2.30. The molecule has 29 heavy (non-hydrogen) atoms. The van der Waals surface area contributed by atoms with E-state index in [1.165, 1.54) is 13.2 Å². The van der Waals surface area contributed by atoms with E-state index in [2.05, 4.69) is 10.2 Å². The molecule has 1 saturated heterocycles. The topological polar surface area (TPSA) is 99.1 Å². The van der Waals surface area contributed by atoms with Crippen LogP contribution in [0.5, 0.6) is 11.5 Å². The summed E-state index contributed by atoms with van der Waals surface area (Å²) in [6, 6.07) is 13.0. The number of ether oxygens (including phenoxy) is 1. The molecule has 1 heterocycles. The molecule has 3 rings (SSSR count). The van der Waals surface area contributed by atoms with Gasteiger partial charge in [0.1, 0.15) is 0 Å². The normalized spacial score (nSPS) is 16.2. The highest BCUT2D eigenvalue weighted by molar-refractivity contribution is 5.86. The number of phenols is 2. The Morgan fingerprint density at radius 2 is 1.79 bits per heavy atom. The third-order valence-corrected chi connectivity index (χ3v) is 5.26. The van der Waals surface area contributed by atoms with Crippen molar-refractivity contribution in [3.05, 3.63) is 59.7 Å². The maximum atomic E-state index is 12.8. The smallest absolute Gasteiger partial charge is 0.333 e. The minimum Gasteiger partial charge on any atom is -0.504 e. The van der Waals surface area contributed by atoms with Gasteiger partial charge < -0.3 is 20.3 Å². The Bertz CT molecular complexity index is 848. The van der Waals surface area contributed by atoms with Gasteiger partial charge in [-0.25, -0.2) is 4.79 Å². The number of piperidine rings is 1. The number of likely N-dealkylation sites (tertiary alicyclic amines) is 1. The van der Waals surface area contributed by atoms with Crippen LogP contribution in [0.1, 0.15) is 30.0 Å². The number of nitrogens with zero attached hydrogens (tertiary/aromatic N) is 1. The van der Waals surface area contributed by atoms with Crippen molar-refractivity contribution >= 4 is 11.9 Å². The summed E-state index contributed by atoms with van der Waals surface area (Å²) in [5.74, 6) is -1.08. The van der Waals surface area contributed by atoms with Crippen molar-refractivity contribution in [3.63, 3.8) is 0 Å². The fourth-order valence-corrected chi connectivity index (χ4v) is 3.58. The molecule has 1 aliphatic rings. The van der Waals surface area contributed by atoms with Crippen molar-refractivity contribution in [3.8, 4) is 11.5 Å². The zero-order valence-corrected chi connectivity index (χ0v) is 16.4. The Kier molecular flexibility index (Phi) is 6.72. The Balaban J connectivity index is 1.56. The number of hydrogen-bond donors (Lipinski definition) is 3. The minimum absolute atomic E-state index is 0.133. The Morgan fingerprint density at radius 3 is 2.41 bits per heavy atom. The summed E-state index contributed by atoms with van der Waals surface area (Å²) in [6.45, 7) is 2.10. The van der Waals surface area contributed by atoms with Crippen LogP contribution in [0.15, 0.2) is 48.5 Å². The van der Waals surface area contributed by atoms with E-state index in [0.29, 0.717) is 24.9 Å². The van der Waals surface area contributed by atoms with Gasteiger partial charge in [-0.2, -0.15) is 0 Å². The van der Waals surface area contributed by atoms with Gasteiger partial charge in [0.2, 0.25) is 5.91 Å². The molecule has 7 heteroatoms. The van der Waals surface area contributed by atoms with E-state index < -0.39 is 12.0 Å². The highest BCUT2D eigenvalue weighted by Crippen LogP contribution is 2.27. The van der Waals surface area contributed by atoms with Crippen LogP contribution in [0.3, 0.4) is 0 Å². The van der Waals surface area contributed by atoms with Gasteiger partial charge in [0.25, 0.3) is 0 Å². The number of aromatic hydroxyl groups is 2. The van der Waals surface area contributed by atoms with Gasteiger partial charge >= 0.3 is 5.97 Å². The average molecular weight is 398 g/mol. The van der Waals surface area contributed by atoms with Crippen molar-refractivity contribution in [1.82, 2.24) is 10.2 Å². The first kappa shape index (κ1) is 20.7. The molecule has 154 valence electrons. The second kappa shape index (κ2) is 9.43. The highest BCUT2D eigenvalue weighted by atomic mass is 16.5. The monoisotopic (exact) mass is 398 g/mol. The summed E-state index contributed by atoms with van der Waals surface area (Å²) >= 11 is 0. The number of carbonyl (C=O) groups excluding carboxylic acids is 2. The molecule has 7 nitrogen and oxygen atoms in total. The summed E-state index contributed by atoms with van der Waals surface area (Å²) in [5.41, 5.74) is 1.59. The van der Waals surface area contributed by atoms with E-state index in [9.17, 15) is 19.8 Å². The van der Waals surface area contributed by atoms with Crippen LogP contribution in [0.4, 0.5) is 0 Å². The predicted molar refractivity (Wildman–Crippen MR) is 107 cm³/mol. The third-order valence-electron chi connectivity index (χ3n) is 5.26.